The quantitative estimate of drug-likeness (QED) is 0.768. The molecule has 4 nitrogen and oxygen atoms in total. The van der Waals surface area contributed by atoms with E-state index < -0.39 is 5.97 Å². The number of aryl methyl sites for hydroxylation is 1. The number of carbonyl (C=O) groups is 1. The van der Waals surface area contributed by atoms with E-state index in [1.807, 2.05) is 35.9 Å². The zero-order valence-corrected chi connectivity index (χ0v) is 14.5. The van der Waals surface area contributed by atoms with Gasteiger partial charge in [-0.2, -0.15) is 5.10 Å². The van der Waals surface area contributed by atoms with Crippen molar-refractivity contribution in [3.05, 3.63) is 45.7 Å². The van der Waals surface area contributed by atoms with Crippen LogP contribution in [0.5, 0.6) is 0 Å². The lowest BCUT2D eigenvalue weighted by Gasteiger charge is -2.21. The number of para-hydroxylation sites is 1. The van der Waals surface area contributed by atoms with E-state index in [4.69, 9.17) is 4.74 Å². The van der Waals surface area contributed by atoms with E-state index in [1.165, 1.54) is 7.11 Å². The number of hydrogen-bond donors (Lipinski definition) is 0. The van der Waals surface area contributed by atoms with Crippen molar-refractivity contribution in [1.82, 2.24) is 9.78 Å². The molecule has 21 heavy (non-hydrogen) atoms. The molecule has 1 aromatic heterocycles. The number of carbonyl (C=O) groups excluding carboxylic acids is 1. The van der Waals surface area contributed by atoms with Crippen LogP contribution in [0, 0.1) is 6.92 Å². The smallest absolute Gasteiger partial charge is 0.359 e. The summed E-state index contributed by atoms with van der Waals surface area (Å²) < 4.78 is 7.33. The second kappa shape index (κ2) is 5.64. The average molecular weight is 351 g/mol. The van der Waals surface area contributed by atoms with Crippen LogP contribution in [-0.4, -0.2) is 22.9 Å². The molecule has 0 aliphatic rings. The third kappa shape index (κ3) is 2.88. The van der Waals surface area contributed by atoms with Crippen molar-refractivity contribution in [3.8, 4) is 5.69 Å². The molecule has 112 valence electrons. The average Bonchev–Trinajstić information content (AvgIpc) is 2.75. The third-order valence-corrected chi connectivity index (χ3v) is 4.01. The van der Waals surface area contributed by atoms with E-state index in [0.717, 1.165) is 16.9 Å². The van der Waals surface area contributed by atoms with Crippen LogP contribution in [0.3, 0.4) is 0 Å². The lowest BCUT2D eigenvalue weighted by molar-refractivity contribution is 0.0592. The molecular formula is C16H19BrN2O2. The maximum atomic E-state index is 11.9. The van der Waals surface area contributed by atoms with Crippen LogP contribution < -0.4 is 0 Å². The van der Waals surface area contributed by atoms with Crippen LogP contribution in [0.15, 0.2) is 28.7 Å². The molecule has 5 heteroatoms. The van der Waals surface area contributed by atoms with E-state index in [0.29, 0.717) is 10.2 Å². The largest absolute Gasteiger partial charge is 0.464 e. The Morgan fingerprint density at radius 3 is 2.43 bits per heavy atom. The molecule has 2 rings (SSSR count). The maximum absolute atomic E-state index is 11.9. The van der Waals surface area contributed by atoms with Crippen LogP contribution in [0.1, 0.15) is 42.5 Å². The molecular weight excluding hydrogens is 332 g/mol. The highest BCUT2D eigenvalue weighted by Crippen LogP contribution is 2.35. The van der Waals surface area contributed by atoms with Gasteiger partial charge >= 0.3 is 5.97 Å². The first-order valence-corrected chi connectivity index (χ1v) is 7.50. The summed E-state index contributed by atoms with van der Waals surface area (Å²) in [6.07, 6.45) is 0. The minimum absolute atomic E-state index is 0.180. The standard InChI is InChI=1S/C16H19BrN2O2/c1-10-8-6-7-9-11(10)19-14(16(2,3)4)12(17)13(18-19)15(20)21-5/h6-9H,1-5H3. The number of nitrogens with zero attached hydrogens (tertiary/aromatic N) is 2. The van der Waals surface area contributed by atoms with Gasteiger partial charge in [-0.1, -0.05) is 39.0 Å². The van der Waals surface area contributed by atoms with E-state index in [1.54, 1.807) is 0 Å². The highest BCUT2D eigenvalue weighted by atomic mass is 79.9. The van der Waals surface area contributed by atoms with Gasteiger partial charge in [0.15, 0.2) is 5.69 Å². The van der Waals surface area contributed by atoms with Crippen molar-refractivity contribution in [2.24, 2.45) is 0 Å². The van der Waals surface area contributed by atoms with Crippen LogP contribution in [0.2, 0.25) is 0 Å². The molecule has 0 atom stereocenters. The number of rotatable bonds is 2. The van der Waals surface area contributed by atoms with Gasteiger partial charge in [-0.05, 0) is 34.5 Å². The molecule has 0 saturated heterocycles. The second-order valence-corrected chi connectivity index (χ2v) is 6.74. The number of benzene rings is 1. The first-order chi connectivity index (χ1) is 9.77. The molecule has 0 fully saturated rings. The maximum Gasteiger partial charge on any atom is 0.359 e. The van der Waals surface area contributed by atoms with Crippen molar-refractivity contribution < 1.29 is 9.53 Å². The van der Waals surface area contributed by atoms with Gasteiger partial charge in [0.2, 0.25) is 0 Å². The van der Waals surface area contributed by atoms with Gasteiger partial charge in [0.1, 0.15) is 0 Å². The monoisotopic (exact) mass is 350 g/mol. The van der Waals surface area contributed by atoms with Crippen molar-refractivity contribution in [3.63, 3.8) is 0 Å². The van der Waals surface area contributed by atoms with Gasteiger partial charge in [0.05, 0.1) is 23.0 Å². The van der Waals surface area contributed by atoms with Crippen molar-refractivity contribution in [2.45, 2.75) is 33.1 Å². The molecule has 0 saturated carbocycles. The molecule has 0 amide bonds. The Kier molecular flexibility index (Phi) is 4.23. The van der Waals surface area contributed by atoms with Gasteiger partial charge in [-0.25, -0.2) is 9.48 Å². The van der Waals surface area contributed by atoms with Crippen molar-refractivity contribution in [2.75, 3.05) is 7.11 Å². The fourth-order valence-electron chi connectivity index (χ4n) is 2.25. The number of ether oxygens (including phenoxy) is 1. The fraction of sp³-hybridized carbons (Fsp3) is 0.375. The zero-order chi connectivity index (χ0) is 15.8. The molecule has 1 heterocycles. The van der Waals surface area contributed by atoms with Gasteiger partial charge in [0, 0.05) is 5.41 Å². The van der Waals surface area contributed by atoms with E-state index in [9.17, 15) is 4.79 Å². The highest BCUT2D eigenvalue weighted by molar-refractivity contribution is 9.10. The van der Waals surface area contributed by atoms with Gasteiger partial charge in [-0.15, -0.1) is 0 Å². The second-order valence-electron chi connectivity index (χ2n) is 5.95. The summed E-state index contributed by atoms with van der Waals surface area (Å²) in [7, 11) is 1.36. The number of esters is 1. The van der Waals surface area contributed by atoms with Crippen molar-refractivity contribution >= 4 is 21.9 Å². The van der Waals surface area contributed by atoms with E-state index in [-0.39, 0.29) is 5.41 Å². The number of halogens is 1. The number of methoxy groups -OCH3 is 1. The molecule has 0 unspecified atom stereocenters. The predicted molar refractivity (Wildman–Crippen MR) is 86.0 cm³/mol. The molecule has 0 aliphatic carbocycles. The first-order valence-electron chi connectivity index (χ1n) is 6.70. The summed E-state index contributed by atoms with van der Waals surface area (Å²) in [5, 5.41) is 4.47. The Morgan fingerprint density at radius 2 is 1.90 bits per heavy atom. The summed E-state index contributed by atoms with van der Waals surface area (Å²) in [5.41, 5.74) is 3.11. The minimum atomic E-state index is -0.445. The molecule has 0 bridgehead atoms. The lowest BCUT2D eigenvalue weighted by atomic mass is 9.91. The van der Waals surface area contributed by atoms with Crippen LogP contribution in [0.25, 0.3) is 5.69 Å². The highest BCUT2D eigenvalue weighted by Gasteiger charge is 2.30. The predicted octanol–water partition coefficient (Wildman–Crippen LogP) is 4.03. The summed E-state index contributed by atoms with van der Waals surface area (Å²) in [4.78, 5) is 11.9. The van der Waals surface area contributed by atoms with E-state index >= 15 is 0 Å². The Morgan fingerprint density at radius 1 is 1.29 bits per heavy atom. The van der Waals surface area contributed by atoms with Crippen LogP contribution in [-0.2, 0) is 10.2 Å². The Balaban J connectivity index is 2.77. The Labute approximate surface area is 133 Å². The number of aromatic nitrogens is 2. The Bertz CT molecular complexity index is 684. The molecule has 2 aromatic rings. The molecule has 0 spiro atoms. The third-order valence-electron chi connectivity index (χ3n) is 3.26. The SMILES string of the molecule is COC(=O)c1nn(-c2ccccc2C)c(C(C)(C)C)c1Br. The summed E-state index contributed by atoms with van der Waals surface area (Å²) in [5.74, 6) is -0.445. The lowest BCUT2D eigenvalue weighted by Crippen LogP contribution is -2.18. The molecule has 0 N–H and O–H groups in total. The summed E-state index contributed by atoms with van der Waals surface area (Å²) in [6.45, 7) is 8.29. The molecule has 0 radical (unpaired) electrons. The Hall–Kier alpha value is -1.62. The molecule has 1 aromatic carbocycles. The first kappa shape index (κ1) is 15.8. The topological polar surface area (TPSA) is 44.1 Å². The summed E-state index contributed by atoms with van der Waals surface area (Å²) in [6, 6.07) is 7.96. The van der Waals surface area contributed by atoms with Gasteiger partial charge < -0.3 is 4.74 Å². The van der Waals surface area contributed by atoms with E-state index in [2.05, 4.69) is 41.8 Å². The van der Waals surface area contributed by atoms with Gasteiger partial charge in [-0.3, -0.25) is 0 Å². The normalized spacial score (nSPS) is 11.5. The van der Waals surface area contributed by atoms with Crippen LogP contribution >= 0.6 is 15.9 Å². The summed E-state index contributed by atoms with van der Waals surface area (Å²) >= 11 is 3.52. The minimum Gasteiger partial charge on any atom is -0.464 e. The zero-order valence-electron chi connectivity index (χ0n) is 12.9. The molecule has 0 aliphatic heterocycles. The fourth-order valence-corrected chi connectivity index (χ4v) is 3.25. The van der Waals surface area contributed by atoms with Crippen LogP contribution in [0.4, 0.5) is 0 Å². The van der Waals surface area contributed by atoms with Gasteiger partial charge in [0.25, 0.3) is 0 Å². The number of hydrogen-bond acceptors (Lipinski definition) is 3. The van der Waals surface area contributed by atoms with Crippen molar-refractivity contribution in [1.29, 1.82) is 0 Å².